The minimum Gasteiger partial charge on any atom is -0.507 e. The number of rotatable bonds is 10. The third-order valence-corrected chi connectivity index (χ3v) is 12.0. The number of para-hydroxylation sites is 1. The molecular formula is C42H45FN11O4Si. The smallest absolute Gasteiger partial charge is 0.248 e. The zero-order valence-corrected chi connectivity index (χ0v) is 34.2. The molecule has 2 aliphatic heterocycles. The summed E-state index contributed by atoms with van der Waals surface area (Å²) in [5, 5.41) is 45.2. The zero-order valence-electron chi connectivity index (χ0n) is 33.2. The van der Waals surface area contributed by atoms with Gasteiger partial charge in [0.05, 0.1) is 46.0 Å². The molecule has 0 unspecified atom stereocenters. The fourth-order valence-corrected chi connectivity index (χ4v) is 8.60. The lowest BCUT2D eigenvalue weighted by Crippen LogP contribution is -2.59. The quantitative estimate of drug-likeness (QED) is 0.171. The summed E-state index contributed by atoms with van der Waals surface area (Å²) in [6, 6.07) is 21.0. The normalized spacial score (nSPS) is 19.4. The number of aromatic hydroxyl groups is 1. The summed E-state index contributed by atoms with van der Waals surface area (Å²) in [7, 11) is 5.33. The number of benzene rings is 3. The van der Waals surface area contributed by atoms with Gasteiger partial charge in [-0.3, -0.25) is 14.3 Å². The molecule has 2 fully saturated rings. The largest absolute Gasteiger partial charge is 0.507 e. The molecule has 4 atom stereocenters. The van der Waals surface area contributed by atoms with Crippen molar-refractivity contribution in [3.8, 4) is 28.3 Å². The number of phenols is 1. The van der Waals surface area contributed by atoms with Gasteiger partial charge in [0.1, 0.15) is 22.6 Å². The number of halogens is 1. The molecule has 5 heterocycles. The van der Waals surface area contributed by atoms with Crippen molar-refractivity contribution in [3.63, 3.8) is 0 Å². The number of aryl methyl sites for hydroxylation is 1. The standard InChI is InChI=1S/C42H45FN11O4Si/c1-25(2)38(40(57)53-23-31(55)21-42(53,59)41(58)45-26(3)27-9-11-28(12-10-27)39-33(43)22-44-50(39)4)54-24-37(48-49-54)52-17-15-51(16-18-52)30-14-13-29-19-35(47-46-34(29)20-30)32-7-5-6-8-36(32)56/h5-14,19-20,22,24-26,31,38,55-56H,15-18,21,23H2,1-4H3,(H,45,58)/t26-,31+,38-,42+/m0/s1. The lowest BCUT2D eigenvalue weighted by molar-refractivity contribution is -0.144. The van der Waals surface area contributed by atoms with E-state index in [4.69, 9.17) is 0 Å². The first kappa shape index (κ1) is 39.6. The second-order valence-corrected chi connectivity index (χ2v) is 16.5. The number of nitrogens with one attached hydrogen (secondary N) is 1. The summed E-state index contributed by atoms with van der Waals surface area (Å²) in [6.45, 7) is 8.36. The molecule has 3 aromatic carbocycles. The summed E-state index contributed by atoms with van der Waals surface area (Å²) < 4.78 is 17.3. The maximum absolute atomic E-state index is 14.4. The van der Waals surface area contributed by atoms with Crippen LogP contribution in [0.25, 0.3) is 33.4 Å². The van der Waals surface area contributed by atoms with Crippen molar-refractivity contribution in [2.75, 3.05) is 42.5 Å². The van der Waals surface area contributed by atoms with Crippen LogP contribution in [0.2, 0.25) is 0 Å². The highest BCUT2D eigenvalue weighted by Crippen LogP contribution is 2.34. The first-order chi connectivity index (χ1) is 28.3. The van der Waals surface area contributed by atoms with Gasteiger partial charge in [0, 0.05) is 68.4 Å². The summed E-state index contributed by atoms with van der Waals surface area (Å²) in [6.07, 6.45) is 2.00. The second kappa shape index (κ2) is 15.9. The lowest BCUT2D eigenvalue weighted by atomic mass is 10.0. The van der Waals surface area contributed by atoms with Crippen LogP contribution >= 0.6 is 0 Å². The van der Waals surface area contributed by atoms with Gasteiger partial charge in [-0.15, -0.1) is 15.3 Å². The molecule has 0 aliphatic carbocycles. The number of hydrogen-bond acceptors (Lipinski definition) is 11. The van der Waals surface area contributed by atoms with Gasteiger partial charge in [-0.25, -0.2) is 9.07 Å². The molecule has 17 heteroatoms. The van der Waals surface area contributed by atoms with Crippen LogP contribution in [0, 0.1) is 11.7 Å². The number of hydrogen-bond donors (Lipinski definition) is 3. The molecule has 0 spiro atoms. The molecule has 6 aromatic rings. The third-order valence-electron chi connectivity index (χ3n) is 11.3. The van der Waals surface area contributed by atoms with Crippen molar-refractivity contribution in [3.05, 3.63) is 96.6 Å². The van der Waals surface area contributed by atoms with Gasteiger partial charge in [-0.2, -0.15) is 5.10 Å². The van der Waals surface area contributed by atoms with Gasteiger partial charge in [-0.1, -0.05) is 61.5 Å². The van der Waals surface area contributed by atoms with Crippen molar-refractivity contribution in [2.24, 2.45) is 13.0 Å². The number of likely N-dealkylation sites (tertiary alicyclic amines) is 1. The summed E-state index contributed by atoms with van der Waals surface area (Å²) in [5.41, 5.74) is 4.80. The Morgan fingerprint density at radius 1 is 0.949 bits per heavy atom. The van der Waals surface area contributed by atoms with E-state index >= 15 is 0 Å². The Balaban J connectivity index is 0.920. The maximum Gasteiger partial charge on any atom is 0.248 e. The fraction of sp³-hybridized carbons (Fsp3) is 0.357. The Bertz CT molecular complexity index is 2480. The topological polar surface area (TPSA) is 171 Å². The molecule has 8 rings (SSSR count). The predicted octanol–water partition coefficient (Wildman–Crippen LogP) is 3.99. The van der Waals surface area contributed by atoms with Crippen molar-refractivity contribution < 1.29 is 24.2 Å². The van der Waals surface area contributed by atoms with Crippen LogP contribution in [0.4, 0.5) is 15.9 Å². The van der Waals surface area contributed by atoms with Gasteiger partial charge < -0.3 is 30.2 Å². The Morgan fingerprint density at radius 3 is 2.37 bits per heavy atom. The first-order valence-corrected chi connectivity index (χ1v) is 20.1. The zero-order chi connectivity index (χ0) is 41.6. The van der Waals surface area contributed by atoms with Crippen LogP contribution in [-0.2, 0) is 16.6 Å². The van der Waals surface area contributed by atoms with Crippen LogP contribution in [-0.4, -0.2) is 116 Å². The van der Waals surface area contributed by atoms with Crippen molar-refractivity contribution in [2.45, 2.75) is 50.5 Å². The number of aliphatic hydroxyl groups is 1. The van der Waals surface area contributed by atoms with E-state index in [1.165, 1.54) is 15.8 Å². The predicted molar refractivity (Wildman–Crippen MR) is 221 cm³/mol. The fourth-order valence-electron chi connectivity index (χ4n) is 8.09. The van der Waals surface area contributed by atoms with E-state index in [2.05, 4.69) is 57.0 Å². The molecule has 0 saturated carbocycles. The highest BCUT2D eigenvalue weighted by molar-refractivity contribution is 6.30. The molecule has 2 amide bonds. The molecule has 3 radical (unpaired) electrons. The third kappa shape index (κ3) is 7.62. The van der Waals surface area contributed by atoms with Gasteiger partial charge in [0.2, 0.25) is 11.8 Å². The summed E-state index contributed by atoms with van der Waals surface area (Å²) in [5.74, 6) is -0.697. The molecule has 2 aliphatic rings. The Hall–Kier alpha value is -6.20. The minimum atomic E-state index is -1.52. The lowest BCUT2D eigenvalue weighted by Gasteiger charge is -2.37. The van der Waals surface area contributed by atoms with Crippen LogP contribution in [0.15, 0.2) is 85.2 Å². The molecular weight excluding hydrogens is 770 g/mol. The highest BCUT2D eigenvalue weighted by atomic mass is 28.1. The molecule has 3 aromatic heterocycles. The summed E-state index contributed by atoms with van der Waals surface area (Å²) in [4.78, 5) is 34.2. The van der Waals surface area contributed by atoms with E-state index < -0.39 is 35.1 Å². The van der Waals surface area contributed by atoms with E-state index in [1.807, 2.05) is 63.2 Å². The summed E-state index contributed by atoms with van der Waals surface area (Å²) >= 11 is 0. The number of phenolic OH excluding ortho intramolecular Hbond substituents is 1. The Labute approximate surface area is 343 Å². The van der Waals surface area contributed by atoms with Gasteiger partial charge >= 0.3 is 0 Å². The number of amides is 2. The highest BCUT2D eigenvalue weighted by Gasteiger charge is 2.51. The van der Waals surface area contributed by atoms with Crippen molar-refractivity contribution in [1.82, 2.24) is 45.2 Å². The number of nitrogens with zero attached hydrogens (tertiary/aromatic N) is 10. The number of aromatic nitrogens is 7. The molecule has 3 N–H and O–H groups in total. The number of aliphatic hydroxyl groups excluding tert-OH is 1. The SMILES string of the molecule is CC(C)[C@@H](C(=O)N1C[C@H](O)C[C@@]1([Si])C(=O)N[C@@H](C)c1ccc(-c2c(F)cnn2C)cc1)n1cc(N2CCN(c3ccc4cc(-c5ccccc5O)nnc4c3)CC2)nn1. The second-order valence-electron chi connectivity index (χ2n) is 15.7. The monoisotopic (exact) mass is 814 g/mol. The van der Waals surface area contributed by atoms with Gasteiger partial charge in [0.15, 0.2) is 11.6 Å². The Morgan fingerprint density at radius 2 is 1.68 bits per heavy atom. The van der Waals surface area contributed by atoms with E-state index in [0.29, 0.717) is 54.5 Å². The molecule has 2 saturated heterocycles. The van der Waals surface area contributed by atoms with Crippen LogP contribution in [0.5, 0.6) is 5.75 Å². The van der Waals surface area contributed by atoms with Crippen LogP contribution < -0.4 is 15.1 Å². The number of carbonyl (C=O) groups excluding carboxylic acids is 2. The van der Waals surface area contributed by atoms with E-state index in [-0.39, 0.29) is 30.5 Å². The van der Waals surface area contributed by atoms with Crippen LogP contribution in [0.3, 0.4) is 0 Å². The number of fused-ring (bicyclic) bond motifs is 1. The average molecular weight is 815 g/mol. The van der Waals surface area contributed by atoms with Crippen molar-refractivity contribution in [1.29, 1.82) is 0 Å². The number of β-amino-alcohol motifs (C(OH)–C–C–N with tert-alkyl or cyclic N) is 1. The van der Waals surface area contributed by atoms with Gasteiger partial charge in [-0.05, 0) is 48.7 Å². The van der Waals surface area contributed by atoms with E-state index in [1.54, 1.807) is 42.2 Å². The molecule has 0 bridgehead atoms. The average Bonchev–Trinajstić information content (AvgIpc) is 3.94. The number of carbonyl (C=O) groups is 2. The molecule has 15 nitrogen and oxygen atoms in total. The first-order valence-electron chi connectivity index (χ1n) is 19.6. The van der Waals surface area contributed by atoms with Gasteiger partial charge in [0.25, 0.3) is 0 Å². The molecule has 303 valence electrons. The maximum atomic E-state index is 14.4. The van der Waals surface area contributed by atoms with Crippen molar-refractivity contribution >= 4 is 44.5 Å². The minimum absolute atomic E-state index is 0.00630. The van der Waals surface area contributed by atoms with E-state index in [9.17, 15) is 24.2 Å². The van der Waals surface area contributed by atoms with E-state index in [0.717, 1.165) is 22.2 Å². The Kier molecular flexibility index (Phi) is 10.6. The van der Waals surface area contributed by atoms with Crippen LogP contribution in [0.1, 0.15) is 44.8 Å². The number of anilines is 2. The molecule has 59 heavy (non-hydrogen) atoms. The number of piperazine rings is 1.